The van der Waals surface area contributed by atoms with Crippen LogP contribution in [0.1, 0.15) is 32.6 Å². The molecule has 0 aromatic carbocycles. The van der Waals surface area contributed by atoms with E-state index in [2.05, 4.69) is 4.85 Å². The molecule has 0 N–H and O–H groups in total. The van der Waals surface area contributed by atoms with Crippen LogP contribution in [0.2, 0.25) is 0 Å². The molecule has 0 radical (unpaired) electrons. The molecule has 0 saturated heterocycles. The Morgan fingerprint density at radius 2 is 2.17 bits per heavy atom. The molecule has 18 heavy (non-hydrogen) atoms. The summed E-state index contributed by atoms with van der Waals surface area (Å²) < 4.78 is 0. The molecule has 1 aromatic heterocycles. The largest absolute Gasteiger partial charge is 0.289 e. The van der Waals surface area contributed by atoms with Gasteiger partial charge in [-0.1, -0.05) is 6.08 Å². The predicted octanol–water partition coefficient (Wildman–Crippen LogP) is 3.66. The van der Waals surface area contributed by atoms with Crippen molar-refractivity contribution in [2.45, 2.75) is 20.8 Å². The maximum absolute atomic E-state index is 12.3. The van der Waals surface area contributed by atoms with Crippen LogP contribution >= 0.6 is 11.3 Å². The lowest BCUT2D eigenvalue weighted by atomic mass is 10.1. The highest BCUT2D eigenvalue weighted by Crippen LogP contribution is 2.45. The highest BCUT2D eigenvalue weighted by atomic mass is 32.1. The zero-order valence-electron chi connectivity index (χ0n) is 10.3. The summed E-state index contributed by atoms with van der Waals surface area (Å²) in [6.45, 7) is 12.7. The summed E-state index contributed by atoms with van der Waals surface area (Å²) >= 11 is 1.48. The van der Waals surface area contributed by atoms with Crippen LogP contribution in [-0.4, -0.2) is 5.78 Å². The molecule has 0 bridgehead atoms. The molecule has 0 amide bonds. The summed E-state index contributed by atoms with van der Waals surface area (Å²) in [5.74, 6) is -0.0687. The maximum Gasteiger partial charge on any atom is 0.271 e. The van der Waals surface area contributed by atoms with E-state index < -0.39 is 0 Å². The molecule has 0 saturated carbocycles. The molecule has 2 rings (SSSR count). The summed E-state index contributed by atoms with van der Waals surface area (Å²) in [5.41, 5.74) is 2.60. The minimum atomic E-state index is -0.0687. The van der Waals surface area contributed by atoms with E-state index in [0.717, 1.165) is 15.3 Å². The highest BCUT2D eigenvalue weighted by molar-refractivity contribution is 7.14. The first-order chi connectivity index (χ1) is 8.56. The van der Waals surface area contributed by atoms with Crippen LogP contribution in [0, 0.1) is 31.8 Å². The van der Waals surface area contributed by atoms with Gasteiger partial charge in [0.05, 0.1) is 12.6 Å². The molecule has 0 atom stereocenters. The van der Waals surface area contributed by atoms with Gasteiger partial charge in [0.2, 0.25) is 0 Å². The second-order valence-corrected chi connectivity index (χ2v) is 5.19. The van der Waals surface area contributed by atoms with E-state index >= 15 is 0 Å². The van der Waals surface area contributed by atoms with Crippen molar-refractivity contribution in [1.82, 2.24) is 0 Å². The number of allylic oxidation sites excluding steroid dienone is 4. The van der Waals surface area contributed by atoms with Crippen molar-refractivity contribution < 1.29 is 4.79 Å². The molecule has 88 valence electrons. The van der Waals surface area contributed by atoms with Crippen molar-refractivity contribution in [3.63, 3.8) is 0 Å². The molecule has 0 fully saturated rings. The van der Waals surface area contributed by atoms with Gasteiger partial charge in [0.1, 0.15) is 0 Å². The number of carbonyl (C=O) groups excluding carboxylic acids is 1. The molecule has 0 spiro atoms. The van der Waals surface area contributed by atoms with Gasteiger partial charge < -0.3 is 0 Å². The number of hydrogen-bond acceptors (Lipinski definition) is 3. The van der Waals surface area contributed by atoms with E-state index in [1.54, 1.807) is 13.0 Å². The first-order valence-electron chi connectivity index (χ1n) is 5.40. The highest BCUT2D eigenvalue weighted by Gasteiger charge is 2.35. The Hall–Kier alpha value is -2.17. The number of nitriles is 1. The fourth-order valence-corrected chi connectivity index (χ4v) is 3.31. The third-order valence-corrected chi connectivity index (χ3v) is 4.32. The summed E-state index contributed by atoms with van der Waals surface area (Å²) in [4.78, 5) is 17.4. The topological polar surface area (TPSA) is 45.2 Å². The minimum Gasteiger partial charge on any atom is -0.289 e. The minimum absolute atomic E-state index is 0.00329. The number of carbonyl (C=O) groups is 1. The number of ketones is 1. The standard InChI is InChI=1S/C14H10N2OS/c1-5-9-12(10(6-15)16-4)14-11(13(9)17)7(2)8(3)18-14/h5H,1-3H3/b9-5-,12-10?. The normalized spacial score (nSPS) is 18.5. The SMILES string of the molecule is [C-]#[N+]C(C#N)=C1/C(=C/C)C(=O)c2c1sc(C)c2C. The number of rotatable bonds is 0. The molecule has 1 heterocycles. The Morgan fingerprint density at radius 3 is 2.67 bits per heavy atom. The van der Waals surface area contributed by atoms with Crippen LogP contribution < -0.4 is 0 Å². The van der Waals surface area contributed by atoms with Crippen LogP contribution in [-0.2, 0) is 0 Å². The second-order valence-electron chi connectivity index (χ2n) is 3.97. The molecule has 1 aliphatic carbocycles. The fourth-order valence-electron chi connectivity index (χ4n) is 2.09. The van der Waals surface area contributed by atoms with Crippen molar-refractivity contribution in [2.75, 3.05) is 0 Å². The zero-order chi connectivity index (χ0) is 13.4. The molecule has 1 aromatic rings. The van der Waals surface area contributed by atoms with Gasteiger partial charge in [-0.3, -0.25) is 4.79 Å². The zero-order valence-corrected chi connectivity index (χ0v) is 11.1. The maximum atomic E-state index is 12.3. The van der Waals surface area contributed by atoms with Crippen LogP contribution in [0.3, 0.4) is 0 Å². The Balaban J connectivity index is 2.90. The summed E-state index contributed by atoms with van der Waals surface area (Å²) in [7, 11) is 0. The van der Waals surface area contributed by atoms with E-state index in [1.165, 1.54) is 11.3 Å². The van der Waals surface area contributed by atoms with Crippen LogP contribution in [0.4, 0.5) is 0 Å². The van der Waals surface area contributed by atoms with Crippen LogP contribution in [0.5, 0.6) is 0 Å². The van der Waals surface area contributed by atoms with Crippen LogP contribution in [0.15, 0.2) is 17.3 Å². The van der Waals surface area contributed by atoms with Gasteiger partial charge in [-0.05, 0) is 26.3 Å². The lowest BCUT2D eigenvalue weighted by Crippen LogP contribution is -1.97. The predicted molar refractivity (Wildman–Crippen MR) is 71.0 cm³/mol. The number of thiophene rings is 1. The van der Waals surface area contributed by atoms with Crippen molar-refractivity contribution in [3.05, 3.63) is 49.6 Å². The average molecular weight is 254 g/mol. The van der Waals surface area contributed by atoms with Gasteiger partial charge in [0.25, 0.3) is 5.70 Å². The first-order valence-corrected chi connectivity index (χ1v) is 6.22. The quantitative estimate of drug-likeness (QED) is 0.403. The first kappa shape index (κ1) is 12.3. The monoisotopic (exact) mass is 254 g/mol. The van der Waals surface area contributed by atoms with Gasteiger partial charge in [-0.25, -0.2) is 10.1 Å². The van der Waals surface area contributed by atoms with E-state index in [4.69, 9.17) is 11.8 Å². The second kappa shape index (κ2) is 4.25. The smallest absolute Gasteiger partial charge is 0.271 e. The molecule has 1 aliphatic rings. The molecule has 0 aliphatic heterocycles. The Morgan fingerprint density at radius 1 is 1.50 bits per heavy atom. The van der Waals surface area contributed by atoms with E-state index in [0.29, 0.717) is 16.7 Å². The van der Waals surface area contributed by atoms with Crippen molar-refractivity contribution >= 4 is 22.7 Å². The van der Waals surface area contributed by atoms with Gasteiger partial charge in [-0.2, -0.15) is 0 Å². The Kier molecular flexibility index (Phi) is 2.90. The molecule has 3 nitrogen and oxygen atoms in total. The fraction of sp³-hybridized carbons (Fsp3) is 0.214. The molecule has 0 unspecified atom stereocenters. The lowest BCUT2D eigenvalue weighted by Gasteiger charge is -2.00. The number of aryl methyl sites for hydroxylation is 1. The Bertz CT molecular complexity index is 689. The molecular weight excluding hydrogens is 244 g/mol. The number of nitrogens with zero attached hydrogens (tertiary/aromatic N) is 2. The van der Waals surface area contributed by atoms with Gasteiger partial charge in [-0.15, -0.1) is 11.3 Å². The van der Waals surface area contributed by atoms with E-state index in [1.807, 2.05) is 19.9 Å². The van der Waals surface area contributed by atoms with Gasteiger partial charge in [0.15, 0.2) is 5.78 Å². The molecular formula is C14H10N2OS. The number of hydrogen-bond donors (Lipinski definition) is 0. The third-order valence-electron chi connectivity index (χ3n) is 3.10. The summed E-state index contributed by atoms with van der Waals surface area (Å²) in [6.07, 6.45) is 1.68. The molecule has 4 heteroatoms. The van der Waals surface area contributed by atoms with Crippen molar-refractivity contribution in [2.24, 2.45) is 0 Å². The van der Waals surface area contributed by atoms with Gasteiger partial charge >= 0.3 is 0 Å². The number of Topliss-reactive ketones (excluding diaryl/α,β-unsaturated/α-hetero) is 1. The van der Waals surface area contributed by atoms with Crippen molar-refractivity contribution in [3.8, 4) is 6.07 Å². The third kappa shape index (κ3) is 1.44. The van der Waals surface area contributed by atoms with Crippen LogP contribution in [0.25, 0.3) is 10.4 Å². The summed E-state index contributed by atoms with van der Waals surface area (Å²) in [6, 6.07) is 1.89. The number of fused-ring (bicyclic) bond motifs is 1. The lowest BCUT2D eigenvalue weighted by molar-refractivity contribution is 0.104. The summed E-state index contributed by atoms with van der Waals surface area (Å²) in [5, 5.41) is 9.03. The van der Waals surface area contributed by atoms with E-state index in [-0.39, 0.29) is 11.5 Å². The van der Waals surface area contributed by atoms with E-state index in [9.17, 15) is 4.79 Å². The Labute approximate surface area is 109 Å². The average Bonchev–Trinajstić information content (AvgIpc) is 2.79. The van der Waals surface area contributed by atoms with Crippen molar-refractivity contribution in [1.29, 1.82) is 5.26 Å². The van der Waals surface area contributed by atoms with Gasteiger partial charge in [0, 0.05) is 26.5 Å².